The van der Waals surface area contributed by atoms with Crippen LogP contribution in [0, 0.1) is 0 Å². The molecule has 0 aromatic heterocycles. The van der Waals surface area contributed by atoms with E-state index in [4.69, 9.17) is 9.84 Å². The molecule has 1 atom stereocenters. The van der Waals surface area contributed by atoms with E-state index in [0.29, 0.717) is 18.5 Å². The Morgan fingerprint density at radius 2 is 2.09 bits per heavy atom. The number of hydrogen-bond donors (Lipinski definition) is 1. The monoisotopic (exact) mass is 315 g/mol. The predicted molar refractivity (Wildman–Crippen MR) is 86.1 cm³/mol. The highest BCUT2D eigenvalue weighted by Crippen LogP contribution is 2.29. The van der Waals surface area contributed by atoms with Crippen molar-refractivity contribution >= 4 is 18.0 Å². The molecule has 1 N–H and O–H groups in total. The van der Waals surface area contributed by atoms with Crippen LogP contribution in [0.15, 0.2) is 29.8 Å². The molecule has 5 heteroatoms. The van der Waals surface area contributed by atoms with Crippen molar-refractivity contribution in [2.45, 2.75) is 38.1 Å². The Balaban J connectivity index is 1.75. The first-order valence-electron chi connectivity index (χ1n) is 8.10. The Morgan fingerprint density at radius 3 is 2.91 bits per heavy atom. The Morgan fingerprint density at radius 1 is 1.26 bits per heavy atom. The first-order valence-corrected chi connectivity index (χ1v) is 8.10. The molecule has 3 rings (SSSR count). The summed E-state index contributed by atoms with van der Waals surface area (Å²) in [6.45, 7) is 0.972. The van der Waals surface area contributed by atoms with Crippen molar-refractivity contribution in [2.75, 3.05) is 13.2 Å². The van der Waals surface area contributed by atoms with Gasteiger partial charge in [0, 0.05) is 24.6 Å². The van der Waals surface area contributed by atoms with Gasteiger partial charge in [-0.05, 0) is 37.8 Å². The molecule has 0 bridgehead atoms. The SMILES string of the molecule is O=C(O)CCC1CCCCN1C(=O)C1=Cc2ccccc2OC1. The van der Waals surface area contributed by atoms with Crippen LogP contribution in [0.2, 0.25) is 0 Å². The molecule has 1 unspecified atom stereocenters. The van der Waals surface area contributed by atoms with Crippen LogP contribution < -0.4 is 4.74 Å². The maximum atomic E-state index is 12.8. The molecule has 1 aromatic carbocycles. The number of nitrogens with zero attached hydrogens (tertiary/aromatic N) is 1. The number of rotatable bonds is 4. The van der Waals surface area contributed by atoms with Gasteiger partial charge in [0.1, 0.15) is 12.4 Å². The number of carbonyl (C=O) groups excluding carboxylic acids is 1. The number of amides is 1. The molecule has 2 aliphatic rings. The molecule has 5 nitrogen and oxygen atoms in total. The van der Waals surface area contributed by atoms with Crippen LogP contribution in [-0.4, -0.2) is 41.1 Å². The summed E-state index contributed by atoms with van der Waals surface area (Å²) in [4.78, 5) is 25.5. The van der Waals surface area contributed by atoms with Gasteiger partial charge in [-0.15, -0.1) is 0 Å². The fourth-order valence-electron chi connectivity index (χ4n) is 3.28. The number of carbonyl (C=O) groups is 2. The Kier molecular flexibility index (Phi) is 4.65. The van der Waals surface area contributed by atoms with Gasteiger partial charge in [-0.25, -0.2) is 0 Å². The minimum Gasteiger partial charge on any atom is -0.488 e. The molecular formula is C18H21NO4. The second-order valence-corrected chi connectivity index (χ2v) is 6.08. The lowest BCUT2D eigenvalue weighted by atomic mass is 9.96. The third-order valence-corrected chi connectivity index (χ3v) is 4.49. The van der Waals surface area contributed by atoms with Crippen molar-refractivity contribution in [3.05, 3.63) is 35.4 Å². The third-order valence-electron chi connectivity index (χ3n) is 4.49. The van der Waals surface area contributed by atoms with Crippen molar-refractivity contribution in [2.24, 2.45) is 0 Å². The summed E-state index contributed by atoms with van der Waals surface area (Å²) in [5, 5.41) is 8.89. The zero-order chi connectivity index (χ0) is 16.2. The van der Waals surface area contributed by atoms with E-state index in [1.807, 2.05) is 35.2 Å². The number of likely N-dealkylation sites (tertiary alicyclic amines) is 1. The zero-order valence-electron chi connectivity index (χ0n) is 13.0. The van der Waals surface area contributed by atoms with Gasteiger partial charge in [0.25, 0.3) is 5.91 Å². The summed E-state index contributed by atoms with van der Waals surface area (Å²) in [7, 11) is 0. The van der Waals surface area contributed by atoms with E-state index >= 15 is 0 Å². The molecule has 0 spiro atoms. The van der Waals surface area contributed by atoms with Gasteiger partial charge >= 0.3 is 5.97 Å². The van der Waals surface area contributed by atoms with Gasteiger partial charge in [0.15, 0.2) is 0 Å². The molecule has 1 aromatic rings. The van der Waals surface area contributed by atoms with E-state index in [1.54, 1.807) is 0 Å². The van der Waals surface area contributed by atoms with Crippen LogP contribution in [0.5, 0.6) is 5.75 Å². The standard InChI is InChI=1S/C18H21NO4/c20-17(21)9-8-15-6-3-4-10-19(15)18(22)14-11-13-5-1-2-7-16(13)23-12-14/h1-2,5,7,11,15H,3-4,6,8-10,12H2,(H,20,21). The molecule has 2 aliphatic heterocycles. The number of ether oxygens (including phenoxy) is 1. The number of piperidine rings is 1. The van der Waals surface area contributed by atoms with Crippen molar-refractivity contribution in [3.63, 3.8) is 0 Å². The van der Waals surface area contributed by atoms with Gasteiger partial charge in [-0.2, -0.15) is 0 Å². The smallest absolute Gasteiger partial charge is 0.303 e. The van der Waals surface area contributed by atoms with Gasteiger partial charge in [-0.1, -0.05) is 18.2 Å². The van der Waals surface area contributed by atoms with Gasteiger partial charge < -0.3 is 14.7 Å². The first kappa shape index (κ1) is 15.6. The fraction of sp³-hybridized carbons (Fsp3) is 0.444. The quantitative estimate of drug-likeness (QED) is 0.927. The van der Waals surface area contributed by atoms with E-state index in [9.17, 15) is 9.59 Å². The van der Waals surface area contributed by atoms with E-state index in [0.717, 1.165) is 30.6 Å². The van der Waals surface area contributed by atoms with Gasteiger partial charge in [0.05, 0.1) is 5.57 Å². The van der Waals surface area contributed by atoms with Crippen molar-refractivity contribution in [1.82, 2.24) is 4.90 Å². The summed E-state index contributed by atoms with van der Waals surface area (Å²) in [5.74, 6) is -0.0307. The third kappa shape index (κ3) is 3.55. The highest BCUT2D eigenvalue weighted by molar-refractivity contribution is 5.99. The number of aliphatic carboxylic acids is 1. The minimum atomic E-state index is -0.808. The second kappa shape index (κ2) is 6.86. The molecule has 0 aliphatic carbocycles. The number of benzene rings is 1. The molecule has 1 amide bonds. The minimum absolute atomic E-state index is 0.0189. The second-order valence-electron chi connectivity index (χ2n) is 6.08. The summed E-state index contributed by atoms with van der Waals surface area (Å²) in [6.07, 6.45) is 5.42. The predicted octanol–water partition coefficient (Wildman–Crippen LogP) is 2.71. The largest absolute Gasteiger partial charge is 0.488 e. The molecule has 122 valence electrons. The van der Waals surface area contributed by atoms with Crippen molar-refractivity contribution in [1.29, 1.82) is 0 Å². The normalized spacial score (nSPS) is 20.3. The van der Waals surface area contributed by atoms with Crippen LogP contribution in [0.25, 0.3) is 6.08 Å². The number of carboxylic acid groups (broad SMARTS) is 1. The number of para-hydroxylation sites is 1. The van der Waals surface area contributed by atoms with Crippen molar-refractivity contribution < 1.29 is 19.4 Å². The Bertz CT molecular complexity index is 638. The highest BCUT2D eigenvalue weighted by atomic mass is 16.5. The van der Waals surface area contributed by atoms with E-state index in [1.165, 1.54) is 0 Å². The average molecular weight is 315 g/mol. The van der Waals surface area contributed by atoms with Gasteiger partial charge in [0.2, 0.25) is 0 Å². The van der Waals surface area contributed by atoms with Crippen LogP contribution >= 0.6 is 0 Å². The maximum Gasteiger partial charge on any atom is 0.303 e. The van der Waals surface area contributed by atoms with E-state index in [2.05, 4.69) is 0 Å². The fourth-order valence-corrected chi connectivity index (χ4v) is 3.28. The number of carboxylic acids is 1. The molecule has 1 fully saturated rings. The lowest BCUT2D eigenvalue weighted by Gasteiger charge is -2.36. The molecule has 0 radical (unpaired) electrons. The molecular weight excluding hydrogens is 294 g/mol. The molecule has 2 heterocycles. The summed E-state index contributed by atoms with van der Waals surface area (Å²) in [5.41, 5.74) is 1.56. The van der Waals surface area contributed by atoms with Crippen LogP contribution in [-0.2, 0) is 9.59 Å². The number of fused-ring (bicyclic) bond motifs is 1. The topological polar surface area (TPSA) is 66.8 Å². The Labute approximate surface area is 135 Å². The first-order chi connectivity index (χ1) is 11.1. The molecule has 0 saturated carbocycles. The summed E-state index contributed by atoms with van der Waals surface area (Å²) in [6, 6.07) is 7.67. The maximum absolute atomic E-state index is 12.8. The van der Waals surface area contributed by atoms with Crippen LogP contribution in [0.4, 0.5) is 0 Å². The van der Waals surface area contributed by atoms with E-state index in [-0.39, 0.29) is 25.0 Å². The average Bonchev–Trinajstić information content (AvgIpc) is 2.59. The molecule has 1 saturated heterocycles. The van der Waals surface area contributed by atoms with Gasteiger partial charge in [-0.3, -0.25) is 9.59 Å². The Hall–Kier alpha value is -2.30. The molecule has 23 heavy (non-hydrogen) atoms. The highest BCUT2D eigenvalue weighted by Gasteiger charge is 2.30. The van der Waals surface area contributed by atoms with Crippen molar-refractivity contribution in [3.8, 4) is 5.75 Å². The van der Waals surface area contributed by atoms with Crippen LogP contribution in [0.1, 0.15) is 37.7 Å². The number of hydrogen-bond acceptors (Lipinski definition) is 3. The van der Waals surface area contributed by atoms with Crippen LogP contribution in [0.3, 0.4) is 0 Å². The summed E-state index contributed by atoms with van der Waals surface area (Å²) < 4.78 is 5.67. The lowest BCUT2D eigenvalue weighted by Crippen LogP contribution is -2.45. The zero-order valence-corrected chi connectivity index (χ0v) is 13.0. The lowest BCUT2D eigenvalue weighted by molar-refractivity contribution is -0.139. The summed E-state index contributed by atoms with van der Waals surface area (Å²) >= 11 is 0. The van der Waals surface area contributed by atoms with E-state index < -0.39 is 5.97 Å².